The molecule has 0 bridgehead atoms. The van der Waals surface area contributed by atoms with E-state index in [1.165, 1.54) is 24.0 Å². The van der Waals surface area contributed by atoms with Crippen molar-refractivity contribution in [1.82, 2.24) is 10.2 Å². The smallest absolute Gasteiger partial charge is 0.317 e. The van der Waals surface area contributed by atoms with Crippen molar-refractivity contribution in [2.75, 3.05) is 7.05 Å². The number of hydrogen-bond donors (Lipinski definition) is 1. The highest BCUT2D eigenvalue weighted by Gasteiger charge is 2.28. The van der Waals surface area contributed by atoms with Gasteiger partial charge in [0, 0.05) is 13.1 Å². The minimum atomic E-state index is 0.0938. The van der Waals surface area contributed by atoms with Gasteiger partial charge in [-0.15, -0.1) is 0 Å². The van der Waals surface area contributed by atoms with E-state index in [9.17, 15) is 4.79 Å². The third-order valence-electron chi connectivity index (χ3n) is 5.28. The van der Waals surface area contributed by atoms with E-state index in [-0.39, 0.29) is 12.1 Å². The van der Waals surface area contributed by atoms with Gasteiger partial charge in [0.25, 0.3) is 0 Å². The first kappa shape index (κ1) is 14.4. The van der Waals surface area contributed by atoms with Crippen LogP contribution in [0.1, 0.15) is 56.2 Å². The van der Waals surface area contributed by atoms with Gasteiger partial charge in [-0.25, -0.2) is 4.79 Å². The molecular weight excluding hydrogens is 260 g/mol. The van der Waals surface area contributed by atoms with Crippen molar-refractivity contribution >= 4 is 6.03 Å². The fourth-order valence-electron chi connectivity index (χ4n) is 3.75. The molecule has 0 spiro atoms. The molecule has 3 nitrogen and oxygen atoms in total. The van der Waals surface area contributed by atoms with Gasteiger partial charge >= 0.3 is 6.03 Å². The highest BCUT2D eigenvalue weighted by atomic mass is 16.2. The maximum atomic E-state index is 12.5. The van der Waals surface area contributed by atoms with Crippen LogP contribution >= 0.6 is 0 Å². The van der Waals surface area contributed by atoms with E-state index in [4.69, 9.17) is 0 Å². The van der Waals surface area contributed by atoms with Crippen molar-refractivity contribution in [3.8, 4) is 0 Å². The lowest BCUT2D eigenvalue weighted by atomic mass is 9.87. The third-order valence-corrected chi connectivity index (χ3v) is 5.28. The minimum absolute atomic E-state index is 0.0938. The zero-order chi connectivity index (χ0) is 14.8. The summed E-state index contributed by atoms with van der Waals surface area (Å²) in [5, 5.41) is 3.23. The molecule has 1 saturated carbocycles. The molecule has 21 heavy (non-hydrogen) atoms. The summed E-state index contributed by atoms with van der Waals surface area (Å²) in [5.74, 6) is 0.819. The summed E-state index contributed by atoms with van der Waals surface area (Å²) < 4.78 is 0. The van der Waals surface area contributed by atoms with Crippen molar-refractivity contribution in [3.63, 3.8) is 0 Å². The van der Waals surface area contributed by atoms with Gasteiger partial charge in [0.1, 0.15) is 0 Å². The van der Waals surface area contributed by atoms with Gasteiger partial charge in [-0.3, -0.25) is 0 Å². The number of benzene rings is 1. The average Bonchev–Trinajstić information content (AvgIpc) is 2.91. The summed E-state index contributed by atoms with van der Waals surface area (Å²) in [5.41, 5.74) is 2.69. The quantitative estimate of drug-likeness (QED) is 0.878. The number of nitrogens with one attached hydrogen (secondary N) is 1. The van der Waals surface area contributed by atoms with Crippen LogP contribution in [0.5, 0.6) is 0 Å². The van der Waals surface area contributed by atoms with Crippen molar-refractivity contribution in [3.05, 3.63) is 35.4 Å². The first-order valence-corrected chi connectivity index (χ1v) is 8.26. The minimum Gasteiger partial charge on any atom is -0.331 e. The molecule has 0 heterocycles. The molecule has 1 N–H and O–H groups in total. The highest BCUT2D eigenvalue weighted by Crippen LogP contribution is 2.31. The number of urea groups is 1. The van der Waals surface area contributed by atoms with Gasteiger partial charge in [-0.2, -0.15) is 0 Å². The SMILES string of the molecule is CC1CCC(N(C)C(=O)NC2CCc3ccccc32)CC1. The average molecular weight is 286 g/mol. The van der Waals surface area contributed by atoms with Crippen LogP contribution < -0.4 is 5.32 Å². The van der Waals surface area contributed by atoms with Crippen molar-refractivity contribution in [2.24, 2.45) is 5.92 Å². The molecule has 3 rings (SSSR count). The third kappa shape index (κ3) is 3.07. The van der Waals surface area contributed by atoms with Crippen molar-refractivity contribution in [2.45, 2.75) is 57.5 Å². The van der Waals surface area contributed by atoms with E-state index in [1.807, 2.05) is 11.9 Å². The van der Waals surface area contributed by atoms with Gasteiger partial charge < -0.3 is 10.2 Å². The van der Waals surface area contributed by atoms with Crippen LogP contribution in [0.15, 0.2) is 24.3 Å². The molecule has 0 aromatic heterocycles. The Kier molecular flexibility index (Phi) is 4.18. The number of aryl methyl sites for hydroxylation is 1. The molecule has 2 aliphatic rings. The molecule has 1 aromatic carbocycles. The summed E-state index contributed by atoms with van der Waals surface area (Å²) in [4.78, 5) is 14.4. The number of carbonyl (C=O) groups is 1. The standard InChI is InChI=1S/C18H26N2O/c1-13-7-10-15(11-8-13)20(2)18(21)19-17-12-9-14-5-3-4-6-16(14)17/h3-6,13,15,17H,7-12H2,1-2H3,(H,19,21). The molecule has 3 heteroatoms. The predicted molar refractivity (Wildman–Crippen MR) is 85.2 cm³/mol. The monoisotopic (exact) mass is 286 g/mol. The maximum absolute atomic E-state index is 12.5. The lowest BCUT2D eigenvalue weighted by Crippen LogP contribution is -2.45. The van der Waals surface area contributed by atoms with E-state index < -0.39 is 0 Å². The van der Waals surface area contributed by atoms with Gasteiger partial charge in [-0.05, 0) is 55.6 Å². The van der Waals surface area contributed by atoms with E-state index >= 15 is 0 Å². The second kappa shape index (κ2) is 6.08. The normalized spacial score (nSPS) is 28.0. The molecule has 2 aliphatic carbocycles. The van der Waals surface area contributed by atoms with E-state index in [0.717, 1.165) is 31.6 Å². The van der Waals surface area contributed by atoms with Crippen molar-refractivity contribution in [1.29, 1.82) is 0 Å². The molecule has 0 saturated heterocycles. The van der Waals surface area contributed by atoms with Gasteiger partial charge in [0.2, 0.25) is 0 Å². The Labute approximate surface area is 127 Å². The van der Waals surface area contributed by atoms with Crippen LogP contribution in [-0.4, -0.2) is 24.0 Å². The molecule has 1 fully saturated rings. The molecule has 114 valence electrons. The second-order valence-corrected chi connectivity index (χ2v) is 6.76. The number of fused-ring (bicyclic) bond motifs is 1. The Morgan fingerprint density at radius 3 is 2.62 bits per heavy atom. The molecule has 0 radical (unpaired) electrons. The Balaban J connectivity index is 1.59. The van der Waals surface area contributed by atoms with Crippen LogP contribution in [0, 0.1) is 5.92 Å². The Morgan fingerprint density at radius 2 is 1.86 bits per heavy atom. The maximum Gasteiger partial charge on any atom is 0.317 e. The van der Waals surface area contributed by atoms with Gasteiger partial charge in [0.15, 0.2) is 0 Å². The molecular formula is C18H26N2O. The summed E-state index contributed by atoms with van der Waals surface area (Å²) in [6.45, 7) is 2.31. The molecule has 1 aromatic rings. The fourth-order valence-corrected chi connectivity index (χ4v) is 3.75. The molecule has 1 unspecified atom stereocenters. The number of nitrogens with zero attached hydrogens (tertiary/aromatic N) is 1. The van der Waals surface area contributed by atoms with E-state index in [2.05, 4.69) is 36.5 Å². The summed E-state index contributed by atoms with van der Waals surface area (Å²) in [6.07, 6.45) is 6.88. The fraction of sp³-hybridized carbons (Fsp3) is 0.611. The number of hydrogen-bond acceptors (Lipinski definition) is 1. The van der Waals surface area contributed by atoms with Crippen LogP contribution in [0.25, 0.3) is 0 Å². The first-order chi connectivity index (χ1) is 10.1. The molecule has 0 aliphatic heterocycles. The zero-order valence-corrected chi connectivity index (χ0v) is 13.1. The lowest BCUT2D eigenvalue weighted by molar-refractivity contribution is 0.160. The van der Waals surface area contributed by atoms with Gasteiger partial charge in [-0.1, -0.05) is 31.2 Å². The van der Waals surface area contributed by atoms with Crippen LogP contribution in [0.2, 0.25) is 0 Å². The predicted octanol–water partition coefficient (Wildman–Crippen LogP) is 3.89. The highest BCUT2D eigenvalue weighted by molar-refractivity contribution is 5.75. The van der Waals surface area contributed by atoms with Crippen molar-refractivity contribution < 1.29 is 4.79 Å². The topological polar surface area (TPSA) is 32.3 Å². The Morgan fingerprint density at radius 1 is 1.14 bits per heavy atom. The number of amides is 2. The molecule has 1 atom stereocenters. The molecule has 2 amide bonds. The first-order valence-electron chi connectivity index (χ1n) is 8.26. The number of carbonyl (C=O) groups excluding carboxylic acids is 1. The second-order valence-electron chi connectivity index (χ2n) is 6.76. The Bertz CT molecular complexity index is 506. The Hall–Kier alpha value is -1.51. The van der Waals surface area contributed by atoms with E-state index in [0.29, 0.717) is 6.04 Å². The summed E-state index contributed by atoms with van der Waals surface area (Å²) in [6, 6.07) is 9.17. The largest absolute Gasteiger partial charge is 0.331 e. The van der Waals surface area contributed by atoms with Crippen LogP contribution in [-0.2, 0) is 6.42 Å². The summed E-state index contributed by atoms with van der Waals surface area (Å²) in [7, 11) is 1.96. The number of rotatable bonds is 2. The van der Waals surface area contributed by atoms with Crippen LogP contribution in [0.4, 0.5) is 4.79 Å². The van der Waals surface area contributed by atoms with E-state index in [1.54, 1.807) is 0 Å². The summed E-state index contributed by atoms with van der Waals surface area (Å²) >= 11 is 0. The zero-order valence-electron chi connectivity index (χ0n) is 13.1. The van der Waals surface area contributed by atoms with Crippen LogP contribution in [0.3, 0.4) is 0 Å². The van der Waals surface area contributed by atoms with Gasteiger partial charge in [0.05, 0.1) is 6.04 Å². The lowest BCUT2D eigenvalue weighted by Gasteiger charge is -2.34.